The highest BCUT2D eigenvalue weighted by molar-refractivity contribution is 6.03. The van der Waals surface area contributed by atoms with Crippen molar-refractivity contribution in [1.29, 1.82) is 0 Å². The maximum atomic E-state index is 16.1. The summed E-state index contributed by atoms with van der Waals surface area (Å²) in [6, 6.07) is 14.3. The molecule has 2 aromatic heterocycles. The lowest BCUT2D eigenvalue weighted by molar-refractivity contribution is -0.147. The van der Waals surface area contributed by atoms with Gasteiger partial charge in [-0.3, -0.25) is 57.4 Å². The van der Waals surface area contributed by atoms with Crippen LogP contribution in [0.15, 0.2) is 103 Å². The number of halogens is 1. The van der Waals surface area contributed by atoms with Crippen LogP contribution in [0.25, 0.3) is 10.9 Å². The minimum atomic E-state index is -1.85. The summed E-state index contributed by atoms with van der Waals surface area (Å²) >= 11 is 0. The number of aliphatic hydroxyl groups is 2. The third-order valence-corrected chi connectivity index (χ3v) is 19.6. The number of aryl methyl sites for hydroxylation is 2. The van der Waals surface area contributed by atoms with E-state index in [4.69, 9.17) is 9.47 Å². The molecule has 6 aromatic rings. The van der Waals surface area contributed by atoms with Crippen LogP contribution in [0.1, 0.15) is 99.2 Å². The van der Waals surface area contributed by atoms with Crippen molar-refractivity contribution in [2.75, 3.05) is 58.4 Å². The molecule has 12 N–H and O–H groups in total. The zero-order valence-electron chi connectivity index (χ0n) is 59.9. The zero-order valence-corrected chi connectivity index (χ0v) is 59.9. The molecule has 11 amide bonds. The highest BCUT2D eigenvalue weighted by atomic mass is 19.1. The molecule has 0 radical (unpaired) electrons. The van der Waals surface area contributed by atoms with Gasteiger partial charge in [0.2, 0.25) is 65.0 Å². The number of likely N-dealkylation sites (tertiary alicyclic amines) is 1. The Bertz CT molecular complexity index is 4190. The number of carbonyl (C=O) groups is 11. The Morgan fingerprint density at radius 2 is 1.59 bits per heavy atom. The van der Waals surface area contributed by atoms with E-state index in [9.17, 15) is 39.0 Å². The van der Waals surface area contributed by atoms with E-state index in [-0.39, 0.29) is 110 Å². The van der Waals surface area contributed by atoms with Crippen molar-refractivity contribution in [3.05, 3.63) is 143 Å². The van der Waals surface area contributed by atoms with E-state index in [0.29, 0.717) is 51.1 Å². The number of amides is 11. The van der Waals surface area contributed by atoms with E-state index in [1.807, 2.05) is 19.1 Å². The van der Waals surface area contributed by atoms with Gasteiger partial charge >= 0.3 is 0 Å². The first-order chi connectivity index (χ1) is 50.9. The summed E-state index contributed by atoms with van der Waals surface area (Å²) in [6.07, 6.45) is 0.507. The number of hydrogen-bond acceptors (Lipinski definition) is 18. The minimum Gasteiger partial charge on any atom is -0.497 e. The van der Waals surface area contributed by atoms with E-state index < -0.39 is 145 Å². The van der Waals surface area contributed by atoms with E-state index in [2.05, 4.69) is 63.5 Å². The number of aliphatic hydroxyl groups excluding tert-OH is 2. The number of methoxy groups -OCH3 is 1. The molecule has 6 heterocycles. The summed E-state index contributed by atoms with van der Waals surface area (Å²) in [6.45, 7) is 5.11. The van der Waals surface area contributed by atoms with Gasteiger partial charge in [0.05, 0.1) is 45.2 Å². The second kappa shape index (κ2) is 35.9. The van der Waals surface area contributed by atoms with E-state index >= 15 is 28.4 Å². The van der Waals surface area contributed by atoms with Gasteiger partial charge < -0.3 is 87.2 Å². The number of anilines is 1. The standard InChI is InChI=1S/C74H93FN16O15/c1-43-12-18-51(19-13-43)81-73(104)74(4)26-8-29-91(74)72(103)55(22-16-46-14-20-53(105-5)21-15-46)82-69(100)64(45(3)93)85-70(101)65-60-24-30-90(65)71(102)57-35-49-39-88(59-23-17-50(75)36-54(49)59)40-52-41-89(87-86-52)31-28-77-61(94)11-7-27-76-58(38-79-62(95)25-32-92)68(99)80-44(2)66(97)83-56(67(98)84-57)34-47-9-6-10-48(33-47)37-78-63(96)42-106-60/h6,9-10,12-15,17-21,23,33,36,39,41,44-45,55-58,60,64-65,76,92-93H,7-8,11,16,22,24-32,34-35,37-38,40,42H2,1-5H3,(H,77,94)(H,78,96)(H,79,95)(H,80,99)(H,81,104)(H,82,100)(H,83,97)(H,84,98)(H,85,101)/t44-,45-,55+,56+,57+,58+,60+,64+,65+,74+/m1/s1. The summed E-state index contributed by atoms with van der Waals surface area (Å²) in [5.41, 5.74) is 3.11. The number of aromatic nitrogens is 4. The maximum Gasteiger partial charge on any atom is 0.250 e. The Morgan fingerprint density at radius 1 is 0.830 bits per heavy atom. The third-order valence-electron chi connectivity index (χ3n) is 19.6. The molecule has 2 fully saturated rings. The molecule has 0 saturated carbocycles. The molecule has 4 aromatic carbocycles. The average Bonchev–Trinajstić information content (AvgIpc) is 1.50. The number of benzene rings is 4. The lowest BCUT2D eigenvalue weighted by Gasteiger charge is -2.37. The van der Waals surface area contributed by atoms with Crippen molar-refractivity contribution in [3.8, 4) is 5.75 Å². The topological polar surface area (TPSA) is 409 Å². The Labute approximate surface area is 611 Å². The van der Waals surface area contributed by atoms with Crippen molar-refractivity contribution in [3.63, 3.8) is 0 Å². The second-order valence-corrected chi connectivity index (χ2v) is 27.5. The fourth-order valence-corrected chi connectivity index (χ4v) is 13.6. The molecule has 10 bridgehead atoms. The highest BCUT2D eigenvalue weighted by Gasteiger charge is 2.50. The molecule has 32 heteroatoms. The number of fused-ring (bicyclic) bond motifs is 14. The lowest BCUT2D eigenvalue weighted by Crippen LogP contribution is -2.63. The number of nitrogens with one attached hydrogen (secondary N) is 10. The van der Waals surface area contributed by atoms with Crippen LogP contribution in [-0.2, 0) is 96.4 Å². The Hall–Kier alpha value is -10.7. The number of ether oxygens (including phenoxy) is 2. The van der Waals surface area contributed by atoms with E-state index in [0.717, 1.165) is 16.0 Å². The van der Waals surface area contributed by atoms with Crippen LogP contribution in [0.2, 0.25) is 0 Å². The fourth-order valence-electron chi connectivity index (χ4n) is 13.6. The molecule has 10 rings (SSSR count). The Kier molecular flexibility index (Phi) is 26.4. The summed E-state index contributed by atoms with van der Waals surface area (Å²) in [5.74, 6) is -8.22. The Morgan fingerprint density at radius 3 is 2.35 bits per heavy atom. The number of nitrogens with zero attached hydrogens (tertiary/aromatic N) is 6. The van der Waals surface area contributed by atoms with Crippen molar-refractivity contribution in [1.82, 2.24) is 77.2 Å². The molecule has 2 saturated heterocycles. The van der Waals surface area contributed by atoms with Crippen molar-refractivity contribution < 1.29 is 76.8 Å². The van der Waals surface area contributed by atoms with Gasteiger partial charge in [0.25, 0.3) is 0 Å². The van der Waals surface area contributed by atoms with Crippen LogP contribution in [0.3, 0.4) is 0 Å². The van der Waals surface area contributed by atoms with Gasteiger partial charge in [0.15, 0.2) is 0 Å². The van der Waals surface area contributed by atoms with Crippen LogP contribution in [0.5, 0.6) is 5.75 Å². The zero-order chi connectivity index (χ0) is 75.8. The fraction of sp³-hybridized carbons (Fsp3) is 0.473. The van der Waals surface area contributed by atoms with Gasteiger partial charge in [0.1, 0.15) is 71.7 Å². The summed E-state index contributed by atoms with van der Waals surface area (Å²) in [4.78, 5) is 162. The van der Waals surface area contributed by atoms with Crippen LogP contribution in [0, 0.1) is 12.7 Å². The largest absolute Gasteiger partial charge is 0.497 e. The van der Waals surface area contributed by atoms with Crippen LogP contribution >= 0.6 is 0 Å². The monoisotopic (exact) mass is 1460 g/mol. The van der Waals surface area contributed by atoms with Crippen molar-refractivity contribution in [2.45, 2.75) is 172 Å². The molecule has 566 valence electrons. The quantitative estimate of drug-likeness (QED) is 0.0606. The predicted molar refractivity (Wildman–Crippen MR) is 383 cm³/mol. The molecule has 31 nitrogen and oxygen atoms in total. The van der Waals surface area contributed by atoms with Gasteiger partial charge in [-0.15, -0.1) is 5.10 Å². The maximum absolute atomic E-state index is 16.1. The molecule has 0 spiro atoms. The summed E-state index contributed by atoms with van der Waals surface area (Å²) < 4.78 is 30.6. The van der Waals surface area contributed by atoms with Crippen molar-refractivity contribution in [2.24, 2.45) is 0 Å². The normalized spacial score (nSPS) is 22.6. The lowest BCUT2D eigenvalue weighted by atomic mass is 9.95. The minimum absolute atomic E-state index is 0.0207. The summed E-state index contributed by atoms with van der Waals surface area (Å²) in [5, 5.41) is 57.8. The van der Waals surface area contributed by atoms with Gasteiger partial charge in [0, 0.05) is 81.2 Å². The summed E-state index contributed by atoms with van der Waals surface area (Å²) in [7, 11) is 1.52. The molecule has 10 atom stereocenters. The van der Waals surface area contributed by atoms with Crippen molar-refractivity contribution >= 4 is 81.6 Å². The van der Waals surface area contributed by atoms with Gasteiger partial charge in [-0.2, -0.15) is 0 Å². The molecule has 0 unspecified atom stereocenters. The third kappa shape index (κ3) is 20.0. The molecular weight excluding hydrogens is 1370 g/mol. The number of rotatable bonds is 16. The molecule has 0 aliphatic carbocycles. The highest BCUT2D eigenvalue weighted by Crippen LogP contribution is 2.33. The first-order valence-corrected chi connectivity index (χ1v) is 35.7. The first kappa shape index (κ1) is 77.9. The SMILES string of the molecule is COc1ccc(CC[C@H](NC(=O)[C@@H](NC(=O)[C@@H]2[C@@H]3CCN2C(=O)[C@@H]2Cc4cn(c5ccc(F)cc45)Cc4cn(nn4)CCNC(=O)CCCN[C@@H](CNC(=O)CCO)C(=O)N[C@H](C)C(=O)N[C@@H](Cc4cccc(c4)CNC(=O)CO3)C(=O)N2)[C@@H](C)O)C(=O)N2CCC[C@@]2(C)C(=O)Nc2ccc(C)cc2)cc1. The number of hydrogen-bond donors (Lipinski definition) is 12. The van der Waals surface area contributed by atoms with Crippen LogP contribution in [-0.4, -0.2) is 218 Å². The molecule has 4 aliphatic rings. The average molecular weight is 1470 g/mol. The van der Waals surface area contributed by atoms with Gasteiger partial charge in [-0.25, -0.2) is 4.39 Å². The predicted octanol–water partition coefficient (Wildman–Crippen LogP) is -0.0176. The number of carbonyl (C=O) groups excluding carboxylic acids is 11. The van der Waals surface area contributed by atoms with Gasteiger partial charge in [-0.1, -0.05) is 59.3 Å². The Balaban J connectivity index is 0.995. The van der Waals surface area contributed by atoms with E-state index in [1.165, 1.54) is 48.7 Å². The molecule has 106 heavy (non-hydrogen) atoms. The van der Waals surface area contributed by atoms with Gasteiger partial charge in [-0.05, 0) is 137 Å². The molecule has 4 aliphatic heterocycles. The first-order valence-electron chi connectivity index (χ1n) is 35.7. The van der Waals surface area contributed by atoms with Crippen LogP contribution in [0.4, 0.5) is 10.1 Å². The smallest absolute Gasteiger partial charge is 0.250 e. The second-order valence-electron chi connectivity index (χ2n) is 27.5. The van der Waals surface area contributed by atoms with Crippen LogP contribution < -0.4 is 57.9 Å². The molecular formula is C74H93FN16O15. The van der Waals surface area contributed by atoms with E-state index in [1.54, 1.807) is 84.5 Å².